The van der Waals surface area contributed by atoms with Crippen LogP contribution in [0.3, 0.4) is 0 Å². The molecule has 2 rings (SSSR count). The highest BCUT2D eigenvalue weighted by atomic mass is 28.4. The van der Waals surface area contributed by atoms with E-state index in [2.05, 4.69) is 87.8 Å². The van der Waals surface area contributed by atoms with Crippen molar-refractivity contribution in [3.05, 3.63) is 25.3 Å². The first kappa shape index (κ1) is 27.0. The second-order valence-electron chi connectivity index (χ2n) is 12.7. The summed E-state index contributed by atoms with van der Waals surface area (Å²) in [5.74, 6) is 0. The monoisotopic (exact) mass is 468 g/mol. The maximum Gasteiger partial charge on any atom is 0.192 e. The summed E-state index contributed by atoms with van der Waals surface area (Å²) in [4.78, 5) is 0. The van der Waals surface area contributed by atoms with Crippen LogP contribution in [0.1, 0.15) is 61.3 Å². The molecule has 0 unspecified atom stereocenters. The molecular formula is C25H48O4Si2. The van der Waals surface area contributed by atoms with Crippen molar-refractivity contribution in [3.63, 3.8) is 0 Å². The molecule has 0 bridgehead atoms. The van der Waals surface area contributed by atoms with Crippen LogP contribution in [0.25, 0.3) is 0 Å². The summed E-state index contributed by atoms with van der Waals surface area (Å²) in [7, 11) is -3.75. The molecule has 2 fully saturated rings. The maximum atomic E-state index is 6.70. The summed E-state index contributed by atoms with van der Waals surface area (Å²) < 4.78 is 25.7. The van der Waals surface area contributed by atoms with Gasteiger partial charge < -0.3 is 18.3 Å². The minimum absolute atomic E-state index is 0.000505. The van der Waals surface area contributed by atoms with Gasteiger partial charge in [0.15, 0.2) is 16.6 Å². The summed E-state index contributed by atoms with van der Waals surface area (Å²) in [5, 5.41) is 0.336. The van der Waals surface area contributed by atoms with Crippen molar-refractivity contribution >= 4 is 16.6 Å². The molecule has 0 spiro atoms. The Labute approximate surface area is 194 Å². The predicted molar refractivity (Wildman–Crippen MR) is 136 cm³/mol. The second kappa shape index (κ2) is 8.84. The van der Waals surface area contributed by atoms with Crippen LogP contribution < -0.4 is 0 Å². The van der Waals surface area contributed by atoms with Crippen LogP contribution in [0.4, 0.5) is 0 Å². The van der Waals surface area contributed by atoms with Gasteiger partial charge in [-0.3, -0.25) is 0 Å². The first-order valence-electron chi connectivity index (χ1n) is 11.8. The third kappa shape index (κ3) is 6.21. The van der Waals surface area contributed by atoms with E-state index in [0.29, 0.717) is 0 Å². The van der Waals surface area contributed by atoms with Gasteiger partial charge in [0.25, 0.3) is 0 Å². The van der Waals surface area contributed by atoms with Crippen LogP contribution in [0.2, 0.25) is 36.3 Å². The van der Waals surface area contributed by atoms with Gasteiger partial charge in [-0.1, -0.05) is 53.7 Å². The van der Waals surface area contributed by atoms with Gasteiger partial charge in [-0.15, -0.1) is 13.2 Å². The lowest BCUT2D eigenvalue weighted by Crippen LogP contribution is -2.45. The normalized spacial score (nSPS) is 31.1. The van der Waals surface area contributed by atoms with Crippen molar-refractivity contribution in [3.8, 4) is 0 Å². The maximum absolute atomic E-state index is 6.70. The fourth-order valence-corrected chi connectivity index (χ4v) is 6.24. The molecule has 4 nitrogen and oxygen atoms in total. The van der Waals surface area contributed by atoms with Crippen LogP contribution in [0.5, 0.6) is 0 Å². The lowest BCUT2D eigenvalue weighted by atomic mass is 9.96. The van der Waals surface area contributed by atoms with E-state index < -0.39 is 16.6 Å². The largest absolute Gasteiger partial charge is 0.411 e. The molecule has 0 aliphatic carbocycles. The van der Waals surface area contributed by atoms with Crippen LogP contribution in [0, 0.1) is 0 Å². The van der Waals surface area contributed by atoms with E-state index in [4.69, 9.17) is 18.3 Å². The van der Waals surface area contributed by atoms with Gasteiger partial charge in [0.1, 0.15) is 18.3 Å². The Balaban J connectivity index is 1.99. The number of hydrogen-bond donors (Lipinski definition) is 0. The van der Waals surface area contributed by atoms with E-state index in [1.165, 1.54) is 0 Å². The van der Waals surface area contributed by atoms with E-state index >= 15 is 0 Å². The van der Waals surface area contributed by atoms with Gasteiger partial charge in [0.05, 0.1) is 17.8 Å². The molecule has 0 amide bonds. The van der Waals surface area contributed by atoms with Gasteiger partial charge in [-0.2, -0.15) is 0 Å². The molecule has 0 aromatic carbocycles. The van der Waals surface area contributed by atoms with E-state index in [9.17, 15) is 0 Å². The highest BCUT2D eigenvalue weighted by Crippen LogP contribution is 2.52. The molecule has 180 valence electrons. The Kier molecular flexibility index (Phi) is 7.70. The molecule has 2 aliphatic heterocycles. The van der Waals surface area contributed by atoms with Gasteiger partial charge in [0.2, 0.25) is 0 Å². The summed E-state index contributed by atoms with van der Waals surface area (Å²) in [6.45, 7) is 32.9. The lowest BCUT2D eigenvalue weighted by Gasteiger charge is -2.39. The SMILES string of the molecule is C=CC[C@H](O[Si](C)(C)C(C)(C)C)[C@@H]1O[C@H]1[C@@H]1O[C@@]1(C)C[C@@H](C=C)O[Si](C)(C)C(C)(C)C. The minimum atomic E-state index is -1.88. The molecule has 6 heteroatoms. The van der Waals surface area contributed by atoms with Crippen LogP contribution >= 0.6 is 0 Å². The molecule has 0 aromatic heterocycles. The van der Waals surface area contributed by atoms with Gasteiger partial charge >= 0.3 is 0 Å². The molecule has 31 heavy (non-hydrogen) atoms. The summed E-state index contributed by atoms with van der Waals surface area (Å²) in [6, 6.07) is 0. The number of epoxide rings is 2. The Morgan fingerprint density at radius 2 is 1.48 bits per heavy atom. The fourth-order valence-electron chi connectivity index (χ4n) is 3.61. The molecule has 0 radical (unpaired) electrons. The average molecular weight is 469 g/mol. The Hall–Kier alpha value is -0.246. The van der Waals surface area contributed by atoms with Crippen molar-refractivity contribution in [1.29, 1.82) is 0 Å². The zero-order chi connectivity index (χ0) is 24.0. The zero-order valence-corrected chi connectivity index (χ0v) is 24.0. The molecule has 2 saturated heterocycles. The topological polar surface area (TPSA) is 43.5 Å². The highest BCUT2D eigenvalue weighted by molar-refractivity contribution is 6.74. The van der Waals surface area contributed by atoms with Crippen molar-refractivity contribution in [2.75, 3.05) is 0 Å². The Morgan fingerprint density at radius 1 is 0.968 bits per heavy atom. The standard InChI is InChI=1S/C25H48O4Si2/c1-14-16-19(29-31(12,13)24(6,7)8)20-21(26-20)22-25(9,27-22)17-18(15-2)28-30(10,11)23(3,4)5/h14-15,18-22H,1-2,16-17H2,3-13H3/t18-,19+,20+,21-,22+,25+/m1/s1. The number of ether oxygens (including phenoxy) is 2. The van der Waals surface area contributed by atoms with Gasteiger partial charge in [0, 0.05) is 6.42 Å². The first-order chi connectivity index (χ1) is 13.9. The predicted octanol–water partition coefficient (Wildman–Crippen LogP) is 6.84. The van der Waals surface area contributed by atoms with Gasteiger partial charge in [-0.25, -0.2) is 0 Å². The molecule has 2 heterocycles. The summed E-state index contributed by atoms with van der Waals surface area (Å²) in [5.41, 5.74) is -0.226. The molecule has 0 saturated carbocycles. The van der Waals surface area contributed by atoms with Crippen molar-refractivity contribution in [2.24, 2.45) is 0 Å². The third-order valence-electron chi connectivity index (χ3n) is 7.94. The summed E-state index contributed by atoms with van der Waals surface area (Å²) >= 11 is 0. The Bertz CT molecular complexity index is 661. The van der Waals surface area contributed by atoms with E-state index in [1.807, 2.05) is 12.2 Å². The molecular weight excluding hydrogens is 420 g/mol. The number of rotatable bonds is 11. The Morgan fingerprint density at radius 3 is 1.94 bits per heavy atom. The van der Waals surface area contributed by atoms with E-state index in [-0.39, 0.29) is 46.2 Å². The quantitative estimate of drug-likeness (QED) is 0.189. The molecule has 6 atom stereocenters. The zero-order valence-electron chi connectivity index (χ0n) is 22.0. The van der Waals surface area contributed by atoms with Crippen molar-refractivity contribution in [2.45, 2.75) is 134 Å². The number of hydrogen-bond acceptors (Lipinski definition) is 4. The second-order valence-corrected chi connectivity index (χ2v) is 22.2. The lowest BCUT2D eigenvalue weighted by molar-refractivity contribution is 0.145. The first-order valence-corrected chi connectivity index (χ1v) is 17.6. The fraction of sp³-hybridized carbons (Fsp3) is 0.840. The summed E-state index contributed by atoms with van der Waals surface area (Å²) in [6.07, 6.45) is 5.84. The average Bonchev–Trinajstić information content (AvgIpc) is 3.47. The van der Waals surface area contributed by atoms with Crippen molar-refractivity contribution < 1.29 is 18.3 Å². The van der Waals surface area contributed by atoms with E-state index in [0.717, 1.165) is 12.8 Å². The molecule has 2 aliphatic rings. The minimum Gasteiger partial charge on any atom is -0.411 e. The molecule has 0 N–H and O–H groups in total. The smallest absolute Gasteiger partial charge is 0.192 e. The van der Waals surface area contributed by atoms with E-state index in [1.54, 1.807) is 0 Å². The third-order valence-corrected chi connectivity index (χ3v) is 16.9. The van der Waals surface area contributed by atoms with Crippen molar-refractivity contribution in [1.82, 2.24) is 0 Å². The van der Waals surface area contributed by atoms with Crippen LogP contribution in [-0.4, -0.2) is 52.8 Å². The highest BCUT2D eigenvalue weighted by Gasteiger charge is 2.66. The molecule has 0 aromatic rings. The van der Waals surface area contributed by atoms with Gasteiger partial charge in [-0.05, 0) is 49.6 Å². The van der Waals surface area contributed by atoms with Crippen LogP contribution in [-0.2, 0) is 18.3 Å². The van der Waals surface area contributed by atoms with Crippen LogP contribution in [0.15, 0.2) is 25.3 Å².